The van der Waals surface area contributed by atoms with Gasteiger partial charge in [0.15, 0.2) is 5.82 Å². The third-order valence-corrected chi connectivity index (χ3v) is 4.60. The summed E-state index contributed by atoms with van der Waals surface area (Å²) >= 11 is 6.30. The van der Waals surface area contributed by atoms with E-state index in [-0.39, 0.29) is 0 Å². The molecule has 1 atom stereocenters. The van der Waals surface area contributed by atoms with E-state index >= 15 is 0 Å². The lowest BCUT2D eigenvalue weighted by Crippen LogP contribution is -2.26. The summed E-state index contributed by atoms with van der Waals surface area (Å²) in [5, 5.41) is 12.8. The van der Waals surface area contributed by atoms with Gasteiger partial charge in [-0.15, -0.1) is 5.10 Å². The molecule has 2 aromatic rings. The van der Waals surface area contributed by atoms with Gasteiger partial charge in [-0.05, 0) is 47.2 Å². The highest BCUT2D eigenvalue weighted by Gasteiger charge is 2.31. The van der Waals surface area contributed by atoms with E-state index in [9.17, 15) is 0 Å². The minimum Gasteiger partial charge on any atom is -0.398 e. The molecular formula is C15H20ClN5. The first-order valence-corrected chi connectivity index (χ1v) is 7.68. The van der Waals surface area contributed by atoms with E-state index in [1.54, 1.807) is 0 Å². The third kappa shape index (κ3) is 2.75. The van der Waals surface area contributed by atoms with Crippen molar-refractivity contribution in [2.75, 3.05) is 5.73 Å². The maximum absolute atomic E-state index is 6.30. The Morgan fingerprint density at radius 3 is 2.90 bits per heavy atom. The number of anilines is 1. The third-order valence-electron chi connectivity index (χ3n) is 4.29. The minimum absolute atomic E-state index is 0.300. The van der Waals surface area contributed by atoms with Crippen molar-refractivity contribution in [2.24, 2.45) is 5.41 Å². The molecule has 1 aromatic heterocycles. The molecule has 2 N–H and O–H groups in total. The summed E-state index contributed by atoms with van der Waals surface area (Å²) in [6, 6.07) is 5.77. The Hall–Kier alpha value is -1.62. The van der Waals surface area contributed by atoms with Crippen LogP contribution in [-0.4, -0.2) is 20.2 Å². The Morgan fingerprint density at radius 2 is 2.19 bits per heavy atom. The highest BCUT2D eigenvalue weighted by atomic mass is 35.5. The molecule has 0 amide bonds. The number of tetrazole rings is 1. The number of nitrogens with zero attached hydrogens (tertiary/aromatic N) is 4. The van der Waals surface area contributed by atoms with Crippen LogP contribution in [0, 0.1) is 5.41 Å². The van der Waals surface area contributed by atoms with E-state index in [4.69, 9.17) is 17.3 Å². The Bertz CT molecular complexity index is 629. The number of nitrogen functional groups attached to an aromatic ring is 1. The van der Waals surface area contributed by atoms with Crippen LogP contribution in [0.1, 0.15) is 45.6 Å². The Morgan fingerprint density at radius 1 is 1.38 bits per heavy atom. The maximum atomic E-state index is 6.30. The first kappa shape index (κ1) is 14.3. The molecule has 1 aliphatic carbocycles. The number of benzene rings is 1. The Kier molecular flexibility index (Phi) is 3.61. The molecule has 6 heteroatoms. The fraction of sp³-hybridized carbons (Fsp3) is 0.533. The smallest absolute Gasteiger partial charge is 0.185 e. The van der Waals surface area contributed by atoms with Gasteiger partial charge in [-0.25, -0.2) is 4.68 Å². The summed E-state index contributed by atoms with van der Waals surface area (Å²) < 4.78 is 1.90. The van der Waals surface area contributed by atoms with Gasteiger partial charge in [0.25, 0.3) is 0 Å². The summed E-state index contributed by atoms with van der Waals surface area (Å²) in [6.07, 6.45) is 4.59. The average Bonchev–Trinajstić information content (AvgIpc) is 2.86. The number of hydrogen-bond donors (Lipinski definition) is 1. The van der Waals surface area contributed by atoms with E-state index in [0.717, 1.165) is 18.4 Å². The summed E-state index contributed by atoms with van der Waals surface area (Å²) in [5.41, 5.74) is 7.72. The SMILES string of the molecule is CC1(C)CCCC(n2nnnc2-c2c(N)cccc2Cl)C1. The first-order valence-electron chi connectivity index (χ1n) is 7.30. The molecule has 0 saturated heterocycles. The Balaban J connectivity index is 2.02. The van der Waals surface area contributed by atoms with Crippen LogP contribution < -0.4 is 5.73 Å². The number of hydrogen-bond acceptors (Lipinski definition) is 4. The molecule has 0 spiro atoms. The van der Waals surface area contributed by atoms with Crippen molar-refractivity contribution in [3.05, 3.63) is 23.2 Å². The molecule has 3 rings (SSSR count). The second-order valence-corrected chi connectivity index (χ2v) is 6.97. The average molecular weight is 306 g/mol. The van der Waals surface area contributed by atoms with Crippen LogP contribution in [0.4, 0.5) is 5.69 Å². The van der Waals surface area contributed by atoms with Crippen LogP contribution in [0.2, 0.25) is 5.02 Å². The van der Waals surface area contributed by atoms with E-state index in [0.29, 0.717) is 28.0 Å². The van der Waals surface area contributed by atoms with Crippen molar-refractivity contribution in [1.82, 2.24) is 20.2 Å². The highest BCUT2D eigenvalue weighted by molar-refractivity contribution is 6.33. The quantitative estimate of drug-likeness (QED) is 0.859. The summed E-state index contributed by atoms with van der Waals surface area (Å²) in [5.74, 6) is 0.667. The summed E-state index contributed by atoms with van der Waals surface area (Å²) in [6.45, 7) is 4.60. The lowest BCUT2D eigenvalue weighted by atomic mass is 9.75. The molecule has 1 aliphatic rings. The zero-order valence-corrected chi connectivity index (χ0v) is 13.1. The van der Waals surface area contributed by atoms with Crippen LogP contribution in [-0.2, 0) is 0 Å². The van der Waals surface area contributed by atoms with Crippen molar-refractivity contribution in [3.63, 3.8) is 0 Å². The van der Waals surface area contributed by atoms with Gasteiger partial charge in [0.1, 0.15) is 0 Å². The molecule has 0 bridgehead atoms. The molecular weight excluding hydrogens is 286 g/mol. The summed E-state index contributed by atoms with van der Waals surface area (Å²) in [4.78, 5) is 0. The molecule has 112 valence electrons. The van der Waals surface area contributed by atoms with E-state index in [2.05, 4.69) is 29.4 Å². The van der Waals surface area contributed by atoms with Gasteiger partial charge in [0, 0.05) is 5.69 Å². The monoisotopic (exact) mass is 305 g/mol. The number of aromatic nitrogens is 4. The lowest BCUT2D eigenvalue weighted by molar-refractivity contribution is 0.174. The molecule has 5 nitrogen and oxygen atoms in total. The first-order chi connectivity index (χ1) is 9.98. The molecule has 1 heterocycles. The van der Waals surface area contributed by atoms with Crippen LogP contribution in [0.25, 0.3) is 11.4 Å². The normalized spacial score (nSPS) is 21.4. The van der Waals surface area contributed by atoms with Gasteiger partial charge >= 0.3 is 0 Å². The predicted octanol–water partition coefficient (Wildman–Crippen LogP) is 3.72. The molecule has 1 fully saturated rings. The molecule has 0 radical (unpaired) electrons. The van der Waals surface area contributed by atoms with Gasteiger partial charge in [0.2, 0.25) is 0 Å². The molecule has 1 unspecified atom stereocenters. The Labute approximate surface area is 129 Å². The molecule has 0 aliphatic heterocycles. The van der Waals surface area contributed by atoms with Crippen LogP contribution >= 0.6 is 11.6 Å². The van der Waals surface area contributed by atoms with Crippen molar-refractivity contribution in [1.29, 1.82) is 0 Å². The summed E-state index contributed by atoms with van der Waals surface area (Å²) in [7, 11) is 0. The second-order valence-electron chi connectivity index (χ2n) is 6.57. The highest BCUT2D eigenvalue weighted by Crippen LogP contribution is 2.42. The molecule has 1 aromatic carbocycles. The van der Waals surface area contributed by atoms with Gasteiger partial charge in [-0.1, -0.05) is 37.9 Å². The van der Waals surface area contributed by atoms with Gasteiger partial charge in [-0.2, -0.15) is 0 Å². The van der Waals surface area contributed by atoms with Crippen molar-refractivity contribution in [3.8, 4) is 11.4 Å². The topological polar surface area (TPSA) is 69.6 Å². The maximum Gasteiger partial charge on any atom is 0.185 e. The minimum atomic E-state index is 0.300. The lowest BCUT2D eigenvalue weighted by Gasteiger charge is -2.35. The second kappa shape index (κ2) is 5.30. The van der Waals surface area contributed by atoms with E-state index < -0.39 is 0 Å². The zero-order chi connectivity index (χ0) is 15.0. The van der Waals surface area contributed by atoms with Crippen LogP contribution in [0.15, 0.2) is 18.2 Å². The van der Waals surface area contributed by atoms with Crippen LogP contribution in [0.5, 0.6) is 0 Å². The number of halogens is 1. The standard InChI is InChI=1S/C15H20ClN5/c1-15(2)8-4-5-10(9-15)21-14(18-19-20-21)13-11(16)6-3-7-12(13)17/h3,6-7,10H,4-5,8-9,17H2,1-2H3. The van der Waals surface area contributed by atoms with Gasteiger partial charge in [-0.3, -0.25) is 0 Å². The number of rotatable bonds is 2. The van der Waals surface area contributed by atoms with Gasteiger partial charge in [0.05, 0.1) is 16.6 Å². The van der Waals surface area contributed by atoms with Crippen LogP contribution in [0.3, 0.4) is 0 Å². The zero-order valence-electron chi connectivity index (χ0n) is 12.4. The van der Waals surface area contributed by atoms with Crippen molar-refractivity contribution in [2.45, 2.75) is 45.6 Å². The van der Waals surface area contributed by atoms with Crippen molar-refractivity contribution >= 4 is 17.3 Å². The molecule has 21 heavy (non-hydrogen) atoms. The van der Waals surface area contributed by atoms with E-state index in [1.165, 1.54) is 12.8 Å². The van der Waals surface area contributed by atoms with Crippen molar-refractivity contribution < 1.29 is 0 Å². The largest absolute Gasteiger partial charge is 0.398 e. The predicted molar refractivity (Wildman–Crippen MR) is 84.0 cm³/mol. The van der Waals surface area contributed by atoms with E-state index in [1.807, 2.05) is 22.9 Å². The fourth-order valence-corrected chi connectivity index (χ4v) is 3.51. The van der Waals surface area contributed by atoms with Gasteiger partial charge < -0.3 is 5.73 Å². The molecule has 1 saturated carbocycles. The number of nitrogens with two attached hydrogens (primary N) is 1. The fourth-order valence-electron chi connectivity index (χ4n) is 3.25.